The standard InChI is InChI=1S/C59H34/c1-2-16-38-35(14-1)29-33-54-56(38)57-48-23-8-7-20-42(48)51-34-36(28-30-50(51)58(57)59(54)52-26-11-9-21-44(52)45-22-10-12-27-53(45)59)37-15-3-4-17-39(37)43-31-32-49-41-19-6-5-18-40(41)46-24-13-25-47(43)55(46)49/h1-34H. The lowest BCUT2D eigenvalue weighted by Gasteiger charge is -2.32. The van der Waals surface area contributed by atoms with Crippen LogP contribution in [0.1, 0.15) is 22.3 Å². The molecule has 0 fully saturated rings. The summed E-state index contributed by atoms with van der Waals surface area (Å²) in [6.45, 7) is 0. The monoisotopic (exact) mass is 742 g/mol. The molecule has 270 valence electrons. The highest BCUT2D eigenvalue weighted by atomic mass is 14.5. The number of benzene rings is 11. The van der Waals surface area contributed by atoms with E-state index in [-0.39, 0.29) is 0 Å². The van der Waals surface area contributed by atoms with E-state index in [1.54, 1.807) is 0 Å². The second kappa shape index (κ2) is 11.3. The van der Waals surface area contributed by atoms with Gasteiger partial charge in [-0.25, -0.2) is 0 Å². The minimum atomic E-state index is -0.466. The second-order valence-electron chi connectivity index (χ2n) is 16.6. The van der Waals surface area contributed by atoms with E-state index in [1.807, 2.05) is 0 Å². The maximum absolute atomic E-state index is 2.49. The third-order valence-electron chi connectivity index (χ3n) is 14.0. The van der Waals surface area contributed by atoms with Crippen molar-refractivity contribution in [1.29, 1.82) is 0 Å². The molecule has 11 aromatic carbocycles. The molecule has 0 unspecified atom stereocenters. The second-order valence-corrected chi connectivity index (χ2v) is 16.6. The van der Waals surface area contributed by atoms with Gasteiger partial charge in [0.2, 0.25) is 0 Å². The molecule has 0 amide bonds. The maximum Gasteiger partial charge on any atom is 0.0732 e. The fourth-order valence-corrected chi connectivity index (χ4v) is 11.8. The summed E-state index contributed by atoms with van der Waals surface area (Å²) in [5, 5.41) is 10.5. The van der Waals surface area contributed by atoms with E-state index in [4.69, 9.17) is 0 Å². The molecule has 0 heteroatoms. The fraction of sp³-hybridized carbons (Fsp3) is 0.0169. The highest BCUT2D eigenvalue weighted by Gasteiger charge is 2.53. The predicted molar refractivity (Wildman–Crippen MR) is 248 cm³/mol. The first-order chi connectivity index (χ1) is 29.3. The van der Waals surface area contributed by atoms with Crippen LogP contribution in [-0.4, -0.2) is 0 Å². The Balaban J connectivity index is 1.08. The van der Waals surface area contributed by atoms with E-state index in [0.717, 1.165) is 0 Å². The van der Waals surface area contributed by atoms with Crippen molar-refractivity contribution in [2.75, 3.05) is 0 Å². The lowest BCUT2D eigenvalue weighted by atomic mass is 9.69. The maximum atomic E-state index is 2.49. The van der Waals surface area contributed by atoms with Crippen LogP contribution >= 0.6 is 0 Å². The van der Waals surface area contributed by atoms with Crippen molar-refractivity contribution in [2.24, 2.45) is 0 Å². The highest BCUT2D eigenvalue weighted by Crippen LogP contribution is 2.66. The zero-order valence-electron chi connectivity index (χ0n) is 32.1. The van der Waals surface area contributed by atoms with Crippen molar-refractivity contribution in [3.05, 3.63) is 229 Å². The first-order valence-electron chi connectivity index (χ1n) is 20.8. The van der Waals surface area contributed by atoms with Gasteiger partial charge in [0.1, 0.15) is 0 Å². The molecule has 0 saturated carbocycles. The van der Waals surface area contributed by atoms with E-state index in [2.05, 4.69) is 206 Å². The first-order valence-corrected chi connectivity index (χ1v) is 20.8. The van der Waals surface area contributed by atoms with Gasteiger partial charge in [0.25, 0.3) is 0 Å². The number of rotatable bonds is 2. The largest absolute Gasteiger partial charge is 0.0732 e. The fourth-order valence-electron chi connectivity index (χ4n) is 11.8. The molecule has 0 bridgehead atoms. The smallest absolute Gasteiger partial charge is 0.0619 e. The van der Waals surface area contributed by atoms with E-state index in [0.29, 0.717) is 0 Å². The van der Waals surface area contributed by atoms with E-state index in [9.17, 15) is 0 Å². The van der Waals surface area contributed by atoms with Crippen molar-refractivity contribution in [3.8, 4) is 66.8 Å². The summed E-state index contributed by atoms with van der Waals surface area (Å²) < 4.78 is 0. The predicted octanol–water partition coefficient (Wildman–Crippen LogP) is 15.6. The van der Waals surface area contributed by atoms with Gasteiger partial charge in [-0.1, -0.05) is 200 Å². The van der Waals surface area contributed by atoms with Crippen LogP contribution in [-0.2, 0) is 5.41 Å². The van der Waals surface area contributed by atoms with Crippen LogP contribution in [0.5, 0.6) is 0 Å². The zero-order valence-corrected chi connectivity index (χ0v) is 32.1. The Bertz CT molecular complexity index is 3600. The average molecular weight is 743 g/mol. The Morgan fingerprint density at radius 1 is 0.254 bits per heavy atom. The van der Waals surface area contributed by atoms with Crippen molar-refractivity contribution >= 4 is 43.1 Å². The third kappa shape index (κ3) is 3.85. The summed E-state index contributed by atoms with van der Waals surface area (Å²) in [5.41, 5.74) is 20.8. The van der Waals surface area contributed by atoms with Crippen LogP contribution in [0.4, 0.5) is 0 Å². The first kappa shape index (κ1) is 31.5. The van der Waals surface area contributed by atoms with Crippen molar-refractivity contribution < 1.29 is 0 Å². The van der Waals surface area contributed by atoms with Crippen LogP contribution in [0.3, 0.4) is 0 Å². The molecular weight excluding hydrogens is 709 g/mol. The summed E-state index contributed by atoms with van der Waals surface area (Å²) in [4.78, 5) is 0. The van der Waals surface area contributed by atoms with Crippen LogP contribution in [0, 0.1) is 0 Å². The molecule has 0 saturated heterocycles. The lowest BCUT2D eigenvalue weighted by Crippen LogP contribution is -2.26. The number of hydrogen-bond acceptors (Lipinski definition) is 0. The molecule has 11 aromatic rings. The summed E-state index contributed by atoms with van der Waals surface area (Å²) >= 11 is 0. The molecular formula is C59H34. The Kier molecular flexibility index (Phi) is 6.05. The van der Waals surface area contributed by atoms with Gasteiger partial charge < -0.3 is 0 Å². The van der Waals surface area contributed by atoms with E-state index in [1.165, 1.54) is 132 Å². The van der Waals surface area contributed by atoms with Crippen LogP contribution in [0.25, 0.3) is 110 Å². The molecule has 0 atom stereocenters. The lowest BCUT2D eigenvalue weighted by molar-refractivity contribution is 0.802. The van der Waals surface area contributed by atoms with Gasteiger partial charge in [-0.15, -0.1) is 0 Å². The topological polar surface area (TPSA) is 0 Å². The van der Waals surface area contributed by atoms with Gasteiger partial charge in [-0.3, -0.25) is 0 Å². The van der Waals surface area contributed by atoms with Crippen molar-refractivity contribution in [1.82, 2.24) is 0 Å². The molecule has 0 N–H and O–H groups in total. The molecule has 3 aliphatic rings. The van der Waals surface area contributed by atoms with Gasteiger partial charge in [0.15, 0.2) is 0 Å². The minimum absolute atomic E-state index is 0.466. The number of fused-ring (bicyclic) bond motifs is 20. The molecule has 0 aliphatic heterocycles. The summed E-state index contributed by atoms with van der Waals surface area (Å²) in [6.07, 6.45) is 0. The van der Waals surface area contributed by atoms with Gasteiger partial charge >= 0.3 is 0 Å². The normalized spacial score (nSPS) is 13.6. The number of hydrogen-bond donors (Lipinski definition) is 0. The molecule has 0 radical (unpaired) electrons. The summed E-state index contributed by atoms with van der Waals surface area (Å²) in [6, 6.07) is 78.0. The average Bonchev–Trinajstić information content (AvgIpc) is 3.92. The summed E-state index contributed by atoms with van der Waals surface area (Å²) in [5.74, 6) is 0. The quantitative estimate of drug-likeness (QED) is 0.155. The Labute approximate surface area is 342 Å². The zero-order chi connectivity index (χ0) is 38.4. The van der Waals surface area contributed by atoms with Gasteiger partial charge in [0, 0.05) is 0 Å². The molecule has 3 aliphatic carbocycles. The molecule has 0 heterocycles. The summed E-state index contributed by atoms with van der Waals surface area (Å²) in [7, 11) is 0. The molecule has 59 heavy (non-hydrogen) atoms. The SMILES string of the molecule is c1ccc(-c2ccc3c4c(cccc24)-c2ccccc2-3)c(-c2ccc3c4c(c5ccccc5c3c2)-c2c(ccc3ccccc23)C42c3ccccc3-c3ccccc32)c1. The van der Waals surface area contributed by atoms with Crippen LogP contribution in [0.2, 0.25) is 0 Å². The van der Waals surface area contributed by atoms with E-state index >= 15 is 0 Å². The highest BCUT2D eigenvalue weighted by molar-refractivity contribution is 6.24. The Morgan fingerprint density at radius 2 is 0.797 bits per heavy atom. The Hall–Kier alpha value is -7.54. The third-order valence-corrected chi connectivity index (χ3v) is 14.0. The van der Waals surface area contributed by atoms with Crippen LogP contribution in [0.15, 0.2) is 206 Å². The molecule has 0 aromatic heterocycles. The van der Waals surface area contributed by atoms with Gasteiger partial charge in [-0.05, 0) is 138 Å². The van der Waals surface area contributed by atoms with Crippen LogP contribution < -0.4 is 0 Å². The van der Waals surface area contributed by atoms with E-state index < -0.39 is 5.41 Å². The Morgan fingerprint density at radius 3 is 1.54 bits per heavy atom. The van der Waals surface area contributed by atoms with Gasteiger partial charge in [-0.2, -0.15) is 0 Å². The van der Waals surface area contributed by atoms with Gasteiger partial charge in [0.05, 0.1) is 5.41 Å². The molecule has 14 rings (SSSR count). The molecule has 0 nitrogen and oxygen atoms in total. The van der Waals surface area contributed by atoms with Crippen molar-refractivity contribution in [3.63, 3.8) is 0 Å². The van der Waals surface area contributed by atoms with Crippen molar-refractivity contribution in [2.45, 2.75) is 5.41 Å². The minimum Gasteiger partial charge on any atom is -0.0619 e. The molecule has 1 spiro atoms.